The van der Waals surface area contributed by atoms with Gasteiger partial charge in [0.15, 0.2) is 6.61 Å². The molecule has 144 valence electrons. The Morgan fingerprint density at radius 2 is 2.07 bits per heavy atom. The lowest BCUT2D eigenvalue weighted by Gasteiger charge is -2.33. The number of nitrogens with one attached hydrogen (secondary N) is 1. The number of hydrogen-bond acceptors (Lipinski definition) is 6. The number of carboxylic acid groups (broad SMARTS) is 1. The molecule has 0 atom stereocenters. The molecule has 1 aliphatic carbocycles. The van der Waals surface area contributed by atoms with Gasteiger partial charge in [-0.15, -0.1) is 0 Å². The molecule has 0 spiro atoms. The summed E-state index contributed by atoms with van der Waals surface area (Å²) in [5, 5.41) is 16.1. The van der Waals surface area contributed by atoms with Crippen LogP contribution in [-0.4, -0.2) is 33.7 Å². The molecule has 1 aliphatic rings. The van der Waals surface area contributed by atoms with Crippen LogP contribution in [-0.2, 0) is 11.4 Å². The van der Waals surface area contributed by atoms with E-state index in [0.29, 0.717) is 35.9 Å². The van der Waals surface area contributed by atoms with Gasteiger partial charge in [0.05, 0.1) is 5.41 Å². The Balaban J connectivity index is 1.60. The van der Waals surface area contributed by atoms with Crippen LogP contribution in [0, 0.1) is 12.3 Å². The van der Waals surface area contributed by atoms with Crippen LogP contribution < -0.4 is 10.1 Å². The Hall–Kier alpha value is -2.90. The van der Waals surface area contributed by atoms with Crippen LogP contribution in [0.2, 0.25) is 0 Å². The van der Waals surface area contributed by atoms with Crippen molar-refractivity contribution in [3.63, 3.8) is 0 Å². The van der Waals surface area contributed by atoms with Crippen LogP contribution in [0.3, 0.4) is 0 Å². The van der Waals surface area contributed by atoms with Gasteiger partial charge in [-0.1, -0.05) is 30.5 Å². The molecule has 0 unspecified atom stereocenters. The van der Waals surface area contributed by atoms with Crippen molar-refractivity contribution in [1.29, 1.82) is 0 Å². The largest absolute Gasteiger partial charge is 0.485 e. The number of carbonyl (C=O) groups is 2. The molecule has 1 aromatic heterocycles. The molecule has 3 rings (SSSR count). The van der Waals surface area contributed by atoms with Gasteiger partial charge in [0, 0.05) is 19.0 Å². The summed E-state index contributed by atoms with van der Waals surface area (Å²) in [6, 6.07) is 6.70. The summed E-state index contributed by atoms with van der Waals surface area (Å²) in [6.07, 6.45) is 3.98. The molecule has 2 N–H and O–H groups in total. The number of amides is 1. The van der Waals surface area contributed by atoms with Crippen LogP contribution in [0.25, 0.3) is 0 Å². The molecular formula is C19H23N3O5. The average Bonchev–Trinajstić information content (AvgIpc) is 3.10. The van der Waals surface area contributed by atoms with Crippen molar-refractivity contribution in [2.45, 2.75) is 45.6 Å². The monoisotopic (exact) mass is 373 g/mol. The Bertz CT molecular complexity index is 811. The number of carbonyl (C=O) groups excluding carboxylic acids is 1. The smallest absolute Gasteiger partial charge is 0.311 e. The minimum Gasteiger partial charge on any atom is -0.485 e. The van der Waals surface area contributed by atoms with Crippen molar-refractivity contribution in [3.05, 3.63) is 41.5 Å². The zero-order chi connectivity index (χ0) is 19.3. The van der Waals surface area contributed by atoms with Crippen molar-refractivity contribution in [1.82, 2.24) is 15.5 Å². The van der Waals surface area contributed by atoms with Crippen LogP contribution in [0.1, 0.15) is 54.2 Å². The summed E-state index contributed by atoms with van der Waals surface area (Å²) in [5.41, 5.74) is -0.452. The predicted molar refractivity (Wildman–Crippen MR) is 95.3 cm³/mol. The lowest BCUT2D eigenvalue weighted by Crippen LogP contribution is -2.44. The summed E-state index contributed by atoms with van der Waals surface area (Å²) in [7, 11) is 0. The van der Waals surface area contributed by atoms with E-state index < -0.39 is 11.4 Å². The fourth-order valence-corrected chi connectivity index (χ4v) is 3.32. The predicted octanol–water partition coefficient (Wildman–Crippen LogP) is 2.72. The van der Waals surface area contributed by atoms with Gasteiger partial charge < -0.3 is 19.7 Å². The fourth-order valence-electron chi connectivity index (χ4n) is 3.32. The van der Waals surface area contributed by atoms with Crippen molar-refractivity contribution >= 4 is 11.9 Å². The van der Waals surface area contributed by atoms with Crippen LogP contribution in [0.5, 0.6) is 5.75 Å². The van der Waals surface area contributed by atoms with E-state index in [4.69, 9.17) is 9.26 Å². The van der Waals surface area contributed by atoms with Gasteiger partial charge in [-0.05, 0) is 31.0 Å². The SMILES string of the molecule is Cc1nc(COc2cccc(C(=O)NCC3(C(=O)O)CCCCC3)c2)no1. The topological polar surface area (TPSA) is 115 Å². The zero-order valence-corrected chi connectivity index (χ0v) is 15.2. The number of ether oxygens (including phenoxy) is 1. The van der Waals surface area contributed by atoms with Gasteiger partial charge >= 0.3 is 5.97 Å². The van der Waals surface area contributed by atoms with Gasteiger partial charge in [-0.25, -0.2) is 0 Å². The first kappa shape index (κ1) is 18.9. The number of aromatic nitrogens is 2. The molecule has 8 heteroatoms. The Kier molecular flexibility index (Phi) is 5.73. The van der Waals surface area contributed by atoms with E-state index in [9.17, 15) is 14.7 Å². The molecule has 0 bridgehead atoms. The molecule has 27 heavy (non-hydrogen) atoms. The second-order valence-corrected chi connectivity index (χ2v) is 6.87. The number of aliphatic carboxylic acids is 1. The second-order valence-electron chi connectivity index (χ2n) is 6.87. The van der Waals surface area contributed by atoms with Crippen molar-refractivity contribution in [2.24, 2.45) is 5.41 Å². The standard InChI is InChI=1S/C19H23N3O5/c1-13-21-16(22-27-13)11-26-15-7-5-6-14(10-15)17(23)20-12-19(18(24)25)8-3-2-4-9-19/h5-7,10H,2-4,8-9,11-12H2,1H3,(H,20,23)(H,24,25). The number of aryl methyl sites for hydroxylation is 1. The minimum absolute atomic E-state index is 0.130. The molecule has 1 saturated carbocycles. The molecule has 0 radical (unpaired) electrons. The number of benzene rings is 1. The van der Waals surface area contributed by atoms with Crippen molar-refractivity contribution in [2.75, 3.05) is 6.54 Å². The molecule has 8 nitrogen and oxygen atoms in total. The molecule has 1 amide bonds. The van der Waals surface area contributed by atoms with Gasteiger partial charge in [-0.2, -0.15) is 4.98 Å². The average molecular weight is 373 g/mol. The summed E-state index contributed by atoms with van der Waals surface area (Å²) < 4.78 is 10.5. The first-order valence-electron chi connectivity index (χ1n) is 9.02. The molecular weight excluding hydrogens is 350 g/mol. The molecule has 1 aromatic carbocycles. The molecule has 2 aromatic rings. The molecule has 0 saturated heterocycles. The fraction of sp³-hybridized carbons (Fsp3) is 0.474. The number of hydrogen-bond donors (Lipinski definition) is 2. The first-order chi connectivity index (χ1) is 13.0. The van der Waals surface area contributed by atoms with E-state index in [0.717, 1.165) is 19.3 Å². The van der Waals surface area contributed by atoms with E-state index in [1.54, 1.807) is 31.2 Å². The van der Waals surface area contributed by atoms with Gasteiger partial charge in [0.1, 0.15) is 5.75 Å². The maximum absolute atomic E-state index is 12.5. The quantitative estimate of drug-likeness (QED) is 0.767. The minimum atomic E-state index is -0.863. The highest BCUT2D eigenvalue weighted by Gasteiger charge is 2.39. The summed E-state index contributed by atoms with van der Waals surface area (Å²) in [6.45, 7) is 1.95. The Morgan fingerprint density at radius 1 is 1.30 bits per heavy atom. The summed E-state index contributed by atoms with van der Waals surface area (Å²) in [4.78, 5) is 28.2. The zero-order valence-electron chi connectivity index (χ0n) is 15.2. The highest BCUT2D eigenvalue weighted by atomic mass is 16.5. The lowest BCUT2D eigenvalue weighted by molar-refractivity contribution is -0.150. The third-order valence-electron chi connectivity index (χ3n) is 4.89. The third-order valence-corrected chi connectivity index (χ3v) is 4.89. The summed E-state index contributed by atoms with van der Waals surface area (Å²) >= 11 is 0. The Morgan fingerprint density at radius 3 is 2.74 bits per heavy atom. The van der Waals surface area contributed by atoms with E-state index >= 15 is 0 Å². The third kappa shape index (κ3) is 4.64. The Labute approximate surface area is 156 Å². The van der Waals surface area contributed by atoms with Gasteiger partial charge in [0.25, 0.3) is 5.91 Å². The number of carboxylic acids is 1. The van der Waals surface area contributed by atoms with Crippen molar-refractivity contribution < 1.29 is 24.0 Å². The number of nitrogens with zero attached hydrogens (tertiary/aromatic N) is 2. The lowest BCUT2D eigenvalue weighted by atomic mass is 9.74. The molecule has 1 heterocycles. The van der Waals surface area contributed by atoms with E-state index in [1.807, 2.05) is 0 Å². The normalized spacial score (nSPS) is 15.9. The maximum atomic E-state index is 12.5. The molecule has 1 fully saturated rings. The van der Waals surface area contributed by atoms with Crippen LogP contribution in [0.4, 0.5) is 0 Å². The van der Waals surface area contributed by atoms with Gasteiger partial charge in [-0.3, -0.25) is 9.59 Å². The highest BCUT2D eigenvalue weighted by molar-refractivity contribution is 5.95. The van der Waals surface area contributed by atoms with E-state index in [1.165, 1.54) is 0 Å². The maximum Gasteiger partial charge on any atom is 0.311 e. The van der Waals surface area contributed by atoms with Crippen LogP contribution in [0.15, 0.2) is 28.8 Å². The number of rotatable bonds is 7. The molecule has 0 aliphatic heterocycles. The van der Waals surface area contributed by atoms with Gasteiger partial charge in [0.2, 0.25) is 11.7 Å². The van der Waals surface area contributed by atoms with Crippen LogP contribution >= 0.6 is 0 Å². The second kappa shape index (κ2) is 8.20. The van der Waals surface area contributed by atoms with E-state index in [-0.39, 0.29) is 19.1 Å². The van der Waals surface area contributed by atoms with Crippen molar-refractivity contribution in [3.8, 4) is 5.75 Å². The first-order valence-corrected chi connectivity index (χ1v) is 9.02. The van der Waals surface area contributed by atoms with E-state index in [2.05, 4.69) is 15.5 Å². The summed E-state index contributed by atoms with van der Waals surface area (Å²) in [5.74, 6) is 0.215. The highest BCUT2D eigenvalue weighted by Crippen LogP contribution is 2.36.